The van der Waals surface area contributed by atoms with E-state index in [4.69, 9.17) is 0 Å². The van der Waals surface area contributed by atoms with Crippen LogP contribution in [0, 0.1) is 27.9 Å². The summed E-state index contributed by atoms with van der Waals surface area (Å²) >= 11 is 1.11. The van der Waals surface area contributed by atoms with Crippen molar-refractivity contribution in [3.05, 3.63) is 16.3 Å². The van der Waals surface area contributed by atoms with E-state index in [2.05, 4.69) is 9.88 Å². The van der Waals surface area contributed by atoms with Gasteiger partial charge in [0.2, 0.25) is 0 Å². The standard InChI is InChI=1S/C11H13N3O3S/c15-10-5-1-6-4-13(9(10)7(6)2-5)11-12-3-8(18-11)14(16)17/h3,5-7,9-10,15H,1-2,4H2. The highest BCUT2D eigenvalue weighted by Crippen LogP contribution is 2.56. The molecule has 0 amide bonds. The van der Waals surface area contributed by atoms with Crippen molar-refractivity contribution in [2.24, 2.45) is 17.8 Å². The molecule has 5 unspecified atom stereocenters. The highest BCUT2D eigenvalue weighted by Gasteiger charge is 2.59. The number of fused-ring (bicyclic) bond motifs is 1. The van der Waals surface area contributed by atoms with Crippen molar-refractivity contribution < 1.29 is 10.0 Å². The van der Waals surface area contributed by atoms with Crippen LogP contribution in [0.25, 0.3) is 0 Å². The predicted octanol–water partition coefficient (Wildman–Crippen LogP) is 1.26. The smallest absolute Gasteiger partial charge is 0.345 e. The molecule has 1 N–H and O–H groups in total. The molecule has 1 aliphatic heterocycles. The summed E-state index contributed by atoms with van der Waals surface area (Å²) in [4.78, 5) is 16.6. The number of nitro groups is 1. The van der Waals surface area contributed by atoms with Crippen molar-refractivity contribution in [2.45, 2.75) is 25.0 Å². The molecule has 3 fully saturated rings. The average molecular weight is 267 g/mol. The van der Waals surface area contributed by atoms with Crippen LogP contribution in [-0.4, -0.2) is 33.7 Å². The largest absolute Gasteiger partial charge is 0.391 e. The fourth-order valence-electron chi connectivity index (χ4n) is 4.11. The molecule has 2 aliphatic carbocycles. The van der Waals surface area contributed by atoms with E-state index >= 15 is 0 Å². The van der Waals surface area contributed by atoms with Crippen LogP contribution < -0.4 is 4.90 Å². The van der Waals surface area contributed by atoms with Crippen LogP contribution in [0.2, 0.25) is 0 Å². The van der Waals surface area contributed by atoms with Crippen LogP contribution in [0.3, 0.4) is 0 Å². The van der Waals surface area contributed by atoms with E-state index in [0.717, 1.165) is 30.7 Å². The minimum absolute atomic E-state index is 0.0771. The molecular formula is C11H13N3O3S. The topological polar surface area (TPSA) is 79.5 Å². The van der Waals surface area contributed by atoms with Gasteiger partial charge in [-0.05, 0) is 41.9 Å². The van der Waals surface area contributed by atoms with Gasteiger partial charge in [0.25, 0.3) is 0 Å². The molecular weight excluding hydrogens is 254 g/mol. The molecule has 2 heterocycles. The quantitative estimate of drug-likeness (QED) is 0.644. The molecule has 2 bridgehead atoms. The number of aliphatic hydroxyl groups is 1. The molecule has 0 aromatic carbocycles. The molecule has 3 aliphatic rings. The van der Waals surface area contributed by atoms with Gasteiger partial charge >= 0.3 is 5.00 Å². The lowest BCUT2D eigenvalue weighted by Gasteiger charge is -2.28. The van der Waals surface area contributed by atoms with Crippen LogP contribution in [0.5, 0.6) is 0 Å². The lowest BCUT2D eigenvalue weighted by Crippen LogP contribution is -2.40. The molecule has 0 radical (unpaired) electrons. The third kappa shape index (κ3) is 1.23. The van der Waals surface area contributed by atoms with Crippen molar-refractivity contribution in [3.8, 4) is 0 Å². The van der Waals surface area contributed by atoms with Gasteiger partial charge < -0.3 is 10.0 Å². The summed E-state index contributed by atoms with van der Waals surface area (Å²) < 4.78 is 0. The Hall–Kier alpha value is -1.21. The number of nitrogens with zero attached hydrogens (tertiary/aromatic N) is 3. The molecule has 5 atom stereocenters. The number of aromatic nitrogens is 1. The second kappa shape index (κ2) is 3.42. The summed E-state index contributed by atoms with van der Waals surface area (Å²) in [6, 6.07) is 0.138. The van der Waals surface area contributed by atoms with Crippen LogP contribution in [0.1, 0.15) is 12.8 Å². The van der Waals surface area contributed by atoms with Gasteiger partial charge in [0.05, 0.1) is 17.1 Å². The van der Waals surface area contributed by atoms with Gasteiger partial charge in [-0.1, -0.05) is 0 Å². The molecule has 1 aromatic rings. The summed E-state index contributed by atoms with van der Waals surface area (Å²) in [5.41, 5.74) is 0. The first-order valence-corrected chi connectivity index (χ1v) is 7.01. The summed E-state index contributed by atoms with van der Waals surface area (Å²) in [5, 5.41) is 21.7. The summed E-state index contributed by atoms with van der Waals surface area (Å²) in [6.07, 6.45) is 3.25. The molecule has 96 valence electrons. The van der Waals surface area contributed by atoms with Gasteiger partial charge in [-0.15, -0.1) is 0 Å². The molecule has 6 nitrogen and oxygen atoms in total. The first-order valence-electron chi connectivity index (χ1n) is 6.20. The lowest BCUT2D eigenvalue weighted by atomic mass is 9.88. The second-order valence-corrected chi connectivity index (χ2v) is 6.51. The first kappa shape index (κ1) is 10.7. The monoisotopic (exact) mass is 267 g/mol. The van der Waals surface area contributed by atoms with E-state index in [1.54, 1.807) is 0 Å². The van der Waals surface area contributed by atoms with E-state index < -0.39 is 4.92 Å². The third-order valence-electron chi connectivity index (χ3n) is 4.76. The molecule has 1 saturated heterocycles. The maximum Gasteiger partial charge on any atom is 0.345 e. The van der Waals surface area contributed by atoms with Crippen molar-refractivity contribution >= 4 is 21.5 Å². The van der Waals surface area contributed by atoms with E-state index in [-0.39, 0.29) is 17.1 Å². The van der Waals surface area contributed by atoms with Crippen LogP contribution in [-0.2, 0) is 0 Å². The third-order valence-corrected chi connectivity index (χ3v) is 5.74. The summed E-state index contributed by atoms with van der Waals surface area (Å²) in [7, 11) is 0. The molecule has 4 rings (SSSR count). The minimum atomic E-state index is -0.403. The van der Waals surface area contributed by atoms with Gasteiger partial charge in [0.15, 0.2) is 5.13 Å². The van der Waals surface area contributed by atoms with E-state index in [0.29, 0.717) is 22.9 Å². The highest BCUT2D eigenvalue weighted by atomic mass is 32.1. The summed E-state index contributed by atoms with van der Waals surface area (Å²) in [5.74, 6) is 1.64. The number of anilines is 1. The lowest BCUT2D eigenvalue weighted by molar-refractivity contribution is -0.380. The van der Waals surface area contributed by atoms with Gasteiger partial charge in [-0.2, -0.15) is 0 Å². The number of hydrogen-bond acceptors (Lipinski definition) is 6. The Morgan fingerprint density at radius 1 is 1.50 bits per heavy atom. The van der Waals surface area contributed by atoms with E-state index in [9.17, 15) is 15.2 Å². The number of hydrogen-bond donors (Lipinski definition) is 1. The fraction of sp³-hybridized carbons (Fsp3) is 0.727. The van der Waals surface area contributed by atoms with Gasteiger partial charge in [0.1, 0.15) is 6.20 Å². The maximum absolute atomic E-state index is 10.7. The first-order chi connectivity index (χ1) is 8.65. The zero-order valence-electron chi connectivity index (χ0n) is 9.60. The normalized spacial score (nSPS) is 40.7. The van der Waals surface area contributed by atoms with E-state index in [1.807, 2.05) is 0 Å². The zero-order valence-corrected chi connectivity index (χ0v) is 10.4. The molecule has 1 aromatic heterocycles. The average Bonchev–Trinajstić information content (AvgIpc) is 3.02. The van der Waals surface area contributed by atoms with Gasteiger partial charge in [0, 0.05) is 6.54 Å². The van der Waals surface area contributed by atoms with Crippen molar-refractivity contribution in [1.29, 1.82) is 0 Å². The van der Waals surface area contributed by atoms with Gasteiger partial charge in [-0.3, -0.25) is 10.1 Å². The van der Waals surface area contributed by atoms with E-state index in [1.165, 1.54) is 6.20 Å². The number of rotatable bonds is 2. The molecule has 0 spiro atoms. The Labute approximate surface area is 107 Å². The van der Waals surface area contributed by atoms with Crippen LogP contribution in [0.15, 0.2) is 6.20 Å². The Kier molecular flexibility index (Phi) is 2.03. The van der Waals surface area contributed by atoms with Gasteiger partial charge in [-0.25, -0.2) is 4.98 Å². The molecule has 18 heavy (non-hydrogen) atoms. The predicted molar refractivity (Wildman–Crippen MR) is 65.6 cm³/mol. The maximum atomic E-state index is 10.7. The molecule has 7 heteroatoms. The van der Waals surface area contributed by atoms with Crippen molar-refractivity contribution in [3.63, 3.8) is 0 Å². The Bertz CT molecular complexity index is 517. The zero-order chi connectivity index (χ0) is 12.4. The Balaban J connectivity index is 1.67. The molecule has 2 saturated carbocycles. The van der Waals surface area contributed by atoms with Crippen molar-refractivity contribution in [2.75, 3.05) is 11.4 Å². The number of thiazole rings is 1. The minimum Gasteiger partial charge on any atom is -0.391 e. The fourth-order valence-corrected chi connectivity index (χ4v) is 4.90. The number of aliphatic hydroxyl groups excluding tert-OH is 1. The Morgan fingerprint density at radius 3 is 3.00 bits per heavy atom. The second-order valence-electron chi connectivity index (χ2n) is 5.53. The van der Waals surface area contributed by atoms with Crippen LogP contribution in [0.4, 0.5) is 10.1 Å². The SMILES string of the molecule is O=[N+]([O-])c1cnc(N2CC3CC4CC3C2C4O)s1. The van der Waals surface area contributed by atoms with Crippen molar-refractivity contribution in [1.82, 2.24) is 4.98 Å². The van der Waals surface area contributed by atoms with Crippen LogP contribution >= 0.6 is 11.3 Å². The summed E-state index contributed by atoms with van der Waals surface area (Å²) in [6.45, 7) is 0.896. The Morgan fingerprint density at radius 2 is 2.33 bits per heavy atom. The highest BCUT2D eigenvalue weighted by molar-refractivity contribution is 7.18.